The summed E-state index contributed by atoms with van der Waals surface area (Å²) in [5, 5.41) is 14.1. The number of nitrogens with one attached hydrogen (secondary N) is 1. The Morgan fingerprint density at radius 2 is 1.60 bits per heavy atom. The van der Waals surface area contributed by atoms with Crippen molar-refractivity contribution >= 4 is 22.7 Å². The van der Waals surface area contributed by atoms with Crippen molar-refractivity contribution in [2.24, 2.45) is 5.92 Å². The standard InChI is InChI=1S/C39H45NO2.C15H33N.C2H6/c1-7-11-26(4)28(6)35-23-30(17-16-27(35)5)22-29-18-20-33(21-19-29)39(42)40-34-24-36(31-14-10-15-31)38(37(41)25-34)32(12-8-2)13-9-3;1-5-8-9-10-13-16(12-6-2)14-11-15(4)7-3;1-2/h8-9,12-13,16-21,23-25,31,41H,2,7,10-11,14-15,22H2,1,3-6H3,(H,40,42);15H,5-14H2,1-4H3;1-2H3/b13-9-,28-26-,32-12+;;. The van der Waals surface area contributed by atoms with E-state index in [-0.39, 0.29) is 11.7 Å². The molecule has 0 saturated heterocycles. The van der Waals surface area contributed by atoms with Crippen molar-refractivity contribution in [3.8, 4) is 5.75 Å². The summed E-state index contributed by atoms with van der Waals surface area (Å²) < 4.78 is 0. The molecule has 1 saturated carbocycles. The summed E-state index contributed by atoms with van der Waals surface area (Å²) >= 11 is 0. The molecule has 3 aromatic rings. The van der Waals surface area contributed by atoms with Crippen molar-refractivity contribution in [3.05, 3.63) is 130 Å². The van der Waals surface area contributed by atoms with Crippen molar-refractivity contribution in [2.45, 2.75) is 166 Å². The van der Waals surface area contributed by atoms with Crippen LogP contribution in [0.2, 0.25) is 0 Å². The van der Waals surface area contributed by atoms with Crippen LogP contribution in [0, 0.1) is 12.8 Å². The molecule has 330 valence electrons. The maximum Gasteiger partial charge on any atom is 0.255 e. The molecule has 0 bridgehead atoms. The van der Waals surface area contributed by atoms with E-state index in [1.165, 1.54) is 98.8 Å². The van der Waals surface area contributed by atoms with Gasteiger partial charge in [-0.25, -0.2) is 0 Å². The maximum atomic E-state index is 13.2. The Labute approximate surface area is 368 Å². The van der Waals surface area contributed by atoms with Crippen LogP contribution in [0.3, 0.4) is 0 Å². The number of phenolic OH excluding ortho intramolecular Hbond substituents is 1. The highest BCUT2D eigenvalue weighted by atomic mass is 16.3. The smallest absolute Gasteiger partial charge is 0.255 e. The molecule has 60 heavy (non-hydrogen) atoms. The van der Waals surface area contributed by atoms with Gasteiger partial charge < -0.3 is 15.3 Å². The molecule has 4 nitrogen and oxygen atoms in total. The molecule has 1 fully saturated rings. The average Bonchev–Trinajstić information content (AvgIpc) is 3.22. The third-order valence-electron chi connectivity index (χ3n) is 12.0. The zero-order valence-electron chi connectivity index (χ0n) is 40.0. The lowest BCUT2D eigenvalue weighted by atomic mass is 9.76. The molecule has 1 aliphatic rings. The lowest BCUT2D eigenvalue weighted by Gasteiger charge is -2.29. The summed E-state index contributed by atoms with van der Waals surface area (Å²) in [7, 11) is 0. The Hall–Kier alpha value is -4.15. The fraction of sp³-hybridized carbons (Fsp3) is 0.518. The van der Waals surface area contributed by atoms with Crippen LogP contribution in [0.15, 0.2) is 91.1 Å². The van der Waals surface area contributed by atoms with E-state index in [9.17, 15) is 9.90 Å². The van der Waals surface area contributed by atoms with Crippen molar-refractivity contribution in [2.75, 3.05) is 25.0 Å². The third kappa shape index (κ3) is 17.1. The van der Waals surface area contributed by atoms with Crippen LogP contribution in [0.25, 0.3) is 11.1 Å². The van der Waals surface area contributed by atoms with E-state index in [0.717, 1.165) is 60.3 Å². The minimum absolute atomic E-state index is 0.170. The van der Waals surface area contributed by atoms with Crippen LogP contribution in [0.5, 0.6) is 5.75 Å². The predicted molar refractivity (Wildman–Crippen MR) is 266 cm³/mol. The Balaban J connectivity index is 0.000000581. The molecule has 3 aromatic carbocycles. The normalized spacial score (nSPS) is 13.8. The number of phenols is 1. The van der Waals surface area contributed by atoms with Gasteiger partial charge in [0.2, 0.25) is 0 Å². The number of aryl methyl sites for hydroxylation is 1. The van der Waals surface area contributed by atoms with Crippen molar-refractivity contribution < 1.29 is 9.90 Å². The highest BCUT2D eigenvalue weighted by Gasteiger charge is 2.26. The first-order valence-corrected chi connectivity index (χ1v) is 23.7. The summed E-state index contributed by atoms with van der Waals surface area (Å²) in [6.45, 7) is 31.9. The molecular formula is C56H84N2O2. The van der Waals surface area contributed by atoms with Crippen LogP contribution >= 0.6 is 0 Å². The lowest BCUT2D eigenvalue weighted by molar-refractivity contribution is 0.102. The number of allylic oxidation sites excluding steroid dienone is 7. The first-order valence-electron chi connectivity index (χ1n) is 23.7. The number of nitrogens with zero attached hydrogens (tertiary/aromatic N) is 1. The summed E-state index contributed by atoms with van der Waals surface area (Å²) in [5.41, 5.74) is 11.9. The largest absolute Gasteiger partial charge is 0.507 e. The van der Waals surface area contributed by atoms with Gasteiger partial charge in [-0.3, -0.25) is 4.79 Å². The fourth-order valence-corrected chi connectivity index (χ4v) is 7.81. The Morgan fingerprint density at radius 3 is 2.18 bits per heavy atom. The number of unbranched alkanes of at least 4 members (excludes halogenated alkanes) is 3. The first-order chi connectivity index (χ1) is 29.0. The number of amides is 1. The number of aromatic hydroxyl groups is 1. The van der Waals surface area contributed by atoms with Gasteiger partial charge >= 0.3 is 0 Å². The van der Waals surface area contributed by atoms with E-state index in [1.807, 2.05) is 69.3 Å². The molecule has 1 amide bonds. The molecular weight excluding hydrogens is 733 g/mol. The molecule has 0 heterocycles. The van der Waals surface area contributed by atoms with E-state index in [1.54, 1.807) is 12.1 Å². The van der Waals surface area contributed by atoms with Crippen molar-refractivity contribution in [1.82, 2.24) is 4.90 Å². The second kappa shape index (κ2) is 29.2. The van der Waals surface area contributed by atoms with Gasteiger partial charge in [0.1, 0.15) is 5.75 Å². The predicted octanol–water partition coefficient (Wildman–Crippen LogP) is 16.3. The van der Waals surface area contributed by atoms with Gasteiger partial charge in [0.15, 0.2) is 0 Å². The Morgan fingerprint density at radius 1 is 0.900 bits per heavy atom. The SMILES string of the molecule is C=C/C=C(\C=C/C)c1c(O)cc(NC(=O)c2ccc(Cc3ccc(C)c(/C(C)=C(/C)CCC)c3)cc2)cc1C1CCC1.CC.CCCCCCN(CCC)CCC(C)CC. The molecule has 1 unspecified atom stereocenters. The number of anilines is 1. The average molecular weight is 817 g/mol. The van der Waals surface area contributed by atoms with Gasteiger partial charge in [-0.1, -0.05) is 154 Å². The Bertz CT molecular complexity index is 1810. The molecule has 4 rings (SSSR count). The molecule has 1 atom stereocenters. The number of benzene rings is 3. The number of hydrogen-bond acceptors (Lipinski definition) is 3. The van der Waals surface area contributed by atoms with Crippen LogP contribution < -0.4 is 5.32 Å². The van der Waals surface area contributed by atoms with Gasteiger partial charge in [0, 0.05) is 22.9 Å². The molecule has 0 aliphatic heterocycles. The van der Waals surface area contributed by atoms with Crippen LogP contribution in [-0.4, -0.2) is 35.5 Å². The van der Waals surface area contributed by atoms with E-state index in [0.29, 0.717) is 17.2 Å². The van der Waals surface area contributed by atoms with E-state index < -0.39 is 0 Å². The highest BCUT2D eigenvalue weighted by molar-refractivity contribution is 6.04. The molecule has 0 spiro atoms. The lowest BCUT2D eigenvalue weighted by Crippen LogP contribution is -2.28. The first kappa shape index (κ1) is 52.0. The van der Waals surface area contributed by atoms with E-state index in [2.05, 4.69) is 90.4 Å². The zero-order chi connectivity index (χ0) is 44.5. The van der Waals surface area contributed by atoms with Crippen LogP contribution in [0.1, 0.15) is 196 Å². The summed E-state index contributed by atoms with van der Waals surface area (Å²) in [6.07, 6.45) is 23.6. The van der Waals surface area contributed by atoms with Gasteiger partial charge in [-0.05, 0) is 161 Å². The second-order valence-corrected chi connectivity index (χ2v) is 16.8. The van der Waals surface area contributed by atoms with E-state index >= 15 is 0 Å². The maximum absolute atomic E-state index is 13.2. The third-order valence-corrected chi connectivity index (χ3v) is 12.0. The van der Waals surface area contributed by atoms with Crippen LogP contribution in [-0.2, 0) is 6.42 Å². The molecule has 1 aliphatic carbocycles. The minimum atomic E-state index is -0.187. The topological polar surface area (TPSA) is 52.6 Å². The number of rotatable bonds is 22. The Kier molecular flexibility index (Phi) is 25.3. The van der Waals surface area contributed by atoms with Gasteiger partial charge in [-0.2, -0.15) is 0 Å². The number of hydrogen-bond donors (Lipinski definition) is 2. The zero-order valence-corrected chi connectivity index (χ0v) is 40.0. The van der Waals surface area contributed by atoms with Gasteiger partial charge in [0.25, 0.3) is 5.91 Å². The molecule has 4 heteroatoms. The number of carbonyl (C=O) groups excluding carboxylic acids is 1. The second-order valence-electron chi connectivity index (χ2n) is 16.8. The van der Waals surface area contributed by atoms with Gasteiger partial charge in [0.05, 0.1) is 0 Å². The van der Waals surface area contributed by atoms with E-state index in [4.69, 9.17) is 0 Å². The number of carbonyl (C=O) groups is 1. The quantitative estimate of drug-likeness (QED) is 0.0784. The molecule has 0 radical (unpaired) electrons. The minimum Gasteiger partial charge on any atom is -0.507 e. The summed E-state index contributed by atoms with van der Waals surface area (Å²) in [6, 6.07) is 18.2. The summed E-state index contributed by atoms with van der Waals surface area (Å²) in [5.74, 6) is 1.25. The summed E-state index contributed by atoms with van der Waals surface area (Å²) in [4.78, 5) is 15.9. The highest BCUT2D eigenvalue weighted by Crippen LogP contribution is 2.44. The van der Waals surface area contributed by atoms with Crippen molar-refractivity contribution in [3.63, 3.8) is 0 Å². The molecule has 2 N–H and O–H groups in total. The monoisotopic (exact) mass is 817 g/mol. The van der Waals surface area contributed by atoms with Crippen LogP contribution in [0.4, 0.5) is 5.69 Å². The van der Waals surface area contributed by atoms with Crippen molar-refractivity contribution in [1.29, 1.82) is 0 Å². The van der Waals surface area contributed by atoms with Gasteiger partial charge in [-0.15, -0.1) is 0 Å². The fourth-order valence-electron chi connectivity index (χ4n) is 7.81. The molecule has 0 aromatic heterocycles.